The molecule has 28 heavy (non-hydrogen) atoms. The van der Waals surface area contributed by atoms with Crippen molar-refractivity contribution in [2.24, 2.45) is 0 Å². The zero-order valence-electron chi connectivity index (χ0n) is 14.8. The summed E-state index contributed by atoms with van der Waals surface area (Å²) >= 11 is 3.36. The van der Waals surface area contributed by atoms with Crippen LogP contribution >= 0.6 is 15.9 Å². The third kappa shape index (κ3) is 3.73. The molecule has 0 spiro atoms. The SMILES string of the molecule is O=Cc1ccc(OCc2cccc(-c3ccc4c(c3)OCCO4)c2F)c(Br)c1. The van der Waals surface area contributed by atoms with Gasteiger partial charge in [0.1, 0.15) is 37.7 Å². The molecule has 0 saturated heterocycles. The molecule has 0 aliphatic carbocycles. The minimum absolute atomic E-state index is 0.0588. The van der Waals surface area contributed by atoms with E-state index >= 15 is 4.39 Å². The monoisotopic (exact) mass is 442 g/mol. The molecule has 1 aliphatic heterocycles. The summed E-state index contributed by atoms with van der Waals surface area (Å²) in [6, 6.07) is 15.6. The fourth-order valence-electron chi connectivity index (χ4n) is 2.99. The molecule has 1 heterocycles. The van der Waals surface area contributed by atoms with Crippen LogP contribution in [0.2, 0.25) is 0 Å². The van der Waals surface area contributed by atoms with E-state index in [1.807, 2.05) is 6.07 Å². The fraction of sp³-hybridized carbons (Fsp3) is 0.136. The third-order valence-corrected chi connectivity index (χ3v) is 5.03. The highest BCUT2D eigenvalue weighted by Crippen LogP contribution is 2.36. The normalized spacial score (nSPS) is 12.5. The highest BCUT2D eigenvalue weighted by molar-refractivity contribution is 9.10. The Morgan fingerprint density at radius 1 is 1.04 bits per heavy atom. The number of halogens is 2. The first-order valence-corrected chi connectivity index (χ1v) is 9.50. The summed E-state index contributed by atoms with van der Waals surface area (Å²) in [5.74, 6) is 1.47. The average molecular weight is 443 g/mol. The van der Waals surface area contributed by atoms with E-state index in [2.05, 4.69) is 15.9 Å². The number of ether oxygens (including phenoxy) is 3. The van der Waals surface area contributed by atoms with Crippen molar-refractivity contribution in [1.82, 2.24) is 0 Å². The summed E-state index contributed by atoms with van der Waals surface area (Å²) in [7, 11) is 0. The second-order valence-electron chi connectivity index (χ2n) is 6.23. The summed E-state index contributed by atoms with van der Waals surface area (Å²) in [5.41, 5.74) is 2.14. The maximum atomic E-state index is 15.1. The Balaban J connectivity index is 1.58. The Labute approximate surface area is 170 Å². The van der Waals surface area contributed by atoms with E-state index in [1.54, 1.807) is 48.5 Å². The van der Waals surface area contributed by atoms with Gasteiger partial charge in [0.05, 0.1) is 4.47 Å². The van der Waals surface area contributed by atoms with E-state index in [9.17, 15) is 4.79 Å². The maximum Gasteiger partial charge on any atom is 0.161 e. The van der Waals surface area contributed by atoms with Gasteiger partial charge in [-0.15, -0.1) is 0 Å². The van der Waals surface area contributed by atoms with E-state index in [0.29, 0.717) is 57.2 Å². The lowest BCUT2D eigenvalue weighted by Crippen LogP contribution is -2.15. The Hall–Kier alpha value is -2.86. The van der Waals surface area contributed by atoms with Crippen molar-refractivity contribution in [3.05, 3.63) is 76.0 Å². The molecule has 3 aromatic carbocycles. The molecule has 4 rings (SSSR count). The van der Waals surface area contributed by atoms with E-state index in [0.717, 1.165) is 6.29 Å². The van der Waals surface area contributed by atoms with E-state index in [1.165, 1.54) is 0 Å². The number of benzene rings is 3. The lowest BCUT2D eigenvalue weighted by atomic mass is 10.0. The molecular formula is C22H16BrFO4. The van der Waals surface area contributed by atoms with Gasteiger partial charge in [0, 0.05) is 16.7 Å². The summed E-state index contributed by atoms with van der Waals surface area (Å²) in [5, 5.41) is 0. The second-order valence-corrected chi connectivity index (χ2v) is 7.09. The van der Waals surface area contributed by atoms with Gasteiger partial charge in [0.15, 0.2) is 11.5 Å². The molecule has 0 saturated carbocycles. The zero-order chi connectivity index (χ0) is 19.5. The van der Waals surface area contributed by atoms with Crippen LogP contribution in [0.15, 0.2) is 59.1 Å². The molecule has 0 bridgehead atoms. The van der Waals surface area contributed by atoms with Crippen LogP contribution < -0.4 is 14.2 Å². The van der Waals surface area contributed by atoms with Gasteiger partial charge in [-0.1, -0.05) is 24.3 Å². The van der Waals surface area contributed by atoms with Gasteiger partial charge in [-0.25, -0.2) is 4.39 Å². The van der Waals surface area contributed by atoms with E-state index in [-0.39, 0.29) is 12.4 Å². The third-order valence-electron chi connectivity index (χ3n) is 4.41. The summed E-state index contributed by atoms with van der Waals surface area (Å²) in [4.78, 5) is 10.8. The molecule has 0 fully saturated rings. The van der Waals surface area contributed by atoms with Gasteiger partial charge in [-0.3, -0.25) is 4.79 Å². The van der Waals surface area contributed by atoms with E-state index in [4.69, 9.17) is 14.2 Å². The highest BCUT2D eigenvalue weighted by Gasteiger charge is 2.16. The summed E-state index contributed by atoms with van der Waals surface area (Å²) in [6.07, 6.45) is 0.755. The van der Waals surface area contributed by atoms with E-state index < -0.39 is 0 Å². The van der Waals surface area contributed by atoms with Gasteiger partial charge >= 0.3 is 0 Å². The Morgan fingerprint density at radius 3 is 2.64 bits per heavy atom. The minimum atomic E-state index is -0.347. The molecule has 0 atom stereocenters. The average Bonchev–Trinajstić information content (AvgIpc) is 2.73. The van der Waals surface area contributed by atoms with Crippen molar-refractivity contribution in [1.29, 1.82) is 0 Å². The first-order valence-electron chi connectivity index (χ1n) is 8.70. The van der Waals surface area contributed by atoms with Crippen LogP contribution in [0.3, 0.4) is 0 Å². The lowest BCUT2D eigenvalue weighted by molar-refractivity contribution is 0.112. The molecule has 6 heteroatoms. The van der Waals surface area contributed by atoms with Gasteiger partial charge in [0.2, 0.25) is 0 Å². The first kappa shape index (κ1) is 18.5. The van der Waals surface area contributed by atoms with Crippen LogP contribution in [0.25, 0.3) is 11.1 Å². The van der Waals surface area contributed by atoms with Crippen molar-refractivity contribution in [2.75, 3.05) is 13.2 Å². The Morgan fingerprint density at radius 2 is 1.86 bits per heavy atom. The number of hydrogen-bond donors (Lipinski definition) is 0. The molecule has 142 valence electrons. The standard InChI is InChI=1S/C22H16BrFO4/c23-18-10-14(12-25)4-6-19(18)28-13-16-2-1-3-17(22(16)24)15-5-7-20-21(11-15)27-9-8-26-20/h1-7,10-12H,8-9,13H2. The van der Waals surface area contributed by atoms with Crippen LogP contribution in [-0.4, -0.2) is 19.5 Å². The molecule has 0 radical (unpaired) electrons. The smallest absolute Gasteiger partial charge is 0.161 e. The van der Waals surface area contributed by atoms with Crippen molar-refractivity contribution >= 4 is 22.2 Å². The van der Waals surface area contributed by atoms with Crippen molar-refractivity contribution < 1.29 is 23.4 Å². The largest absolute Gasteiger partial charge is 0.488 e. The number of carbonyl (C=O) groups is 1. The molecule has 4 nitrogen and oxygen atoms in total. The first-order chi connectivity index (χ1) is 13.7. The quantitative estimate of drug-likeness (QED) is 0.495. The van der Waals surface area contributed by atoms with Crippen LogP contribution in [0, 0.1) is 5.82 Å². The number of fused-ring (bicyclic) bond motifs is 1. The van der Waals surface area contributed by atoms with Crippen LogP contribution in [0.5, 0.6) is 17.2 Å². The van der Waals surface area contributed by atoms with Crippen molar-refractivity contribution in [2.45, 2.75) is 6.61 Å². The maximum absolute atomic E-state index is 15.1. The molecule has 0 aromatic heterocycles. The second kappa shape index (κ2) is 8.02. The molecule has 0 N–H and O–H groups in total. The minimum Gasteiger partial charge on any atom is -0.488 e. The number of hydrogen-bond acceptors (Lipinski definition) is 4. The topological polar surface area (TPSA) is 44.8 Å². The summed E-state index contributed by atoms with van der Waals surface area (Å²) in [6.45, 7) is 1.05. The number of carbonyl (C=O) groups excluding carboxylic acids is 1. The van der Waals surface area contributed by atoms with Gasteiger partial charge in [-0.05, 0) is 51.8 Å². The molecule has 0 amide bonds. The summed E-state index contributed by atoms with van der Waals surface area (Å²) < 4.78 is 32.6. The van der Waals surface area contributed by atoms with Crippen molar-refractivity contribution in [3.8, 4) is 28.4 Å². The van der Waals surface area contributed by atoms with Gasteiger partial charge in [0.25, 0.3) is 0 Å². The predicted molar refractivity (Wildman–Crippen MR) is 107 cm³/mol. The Bertz CT molecular complexity index is 1040. The predicted octanol–water partition coefficient (Wildman–Crippen LogP) is 5.42. The molecule has 0 unspecified atom stereocenters. The van der Waals surface area contributed by atoms with Gasteiger partial charge < -0.3 is 14.2 Å². The number of rotatable bonds is 5. The van der Waals surface area contributed by atoms with Crippen molar-refractivity contribution in [3.63, 3.8) is 0 Å². The lowest BCUT2D eigenvalue weighted by Gasteiger charge is -2.19. The van der Waals surface area contributed by atoms with Crippen LogP contribution in [-0.2, 0) is 6.61 Å². The number of aldehydes is 1. The van der Waals surface area contributed by atoms with Crippen LogP contribution in [0.4, 0.5) is 4.39 Å². The Kier molecular flexibility index (Phi) is 5.30. The molecule has 1 aliphatic rings. The fourth-order valence-corrected chi connectivity index (χ4v) is 3.50. The van der Waals surface area contributed by atoms with Crippen LogP contribution in [0.1, 0.15) is 15.9 Å². The van der Waals surface area contributed by atoms with Gasteiger partial charge in [-0.2, -0.15) is 0 Å². The highest BCUT2D eigenvalue weighted by atomic mass is 79.9. The molecular weight excluding hydrogens is 427 g/mol. The molecule has 3 aromatic rings. The zero-order valence-corrected chi connectivity index (χ0v) is 16.4.